The summed E-state index contributed by atoms with van der Waals surface area (Å²) in [5.74, 6) is 0.268. The van der Waals surface area contributed by atoms with Gasteiger partial charge in [-0.1, -0.05) is 49.1 Å². The van der Waals surface area contributed by atoms with Crippen molar-refractivity contribution in [3.05, 3.63) is 69.9 Å². The number of esters is 1. The number of hydrogen-bond donors (Lipinski definition) is 2. The van der Waals surface area contributed by atoms with Crippen LogP contribution in [0.5, 0.6) is 0 Å². The molecule has 0 saturated heterocycles. The van der Waals surface area contributed by atoms with Crippen molar-refractivity contribution in [2.24, 2.45) is 11.7 Å². The smallest absolute Gasteiger partial charge is 0.341 e. The number of carbonyl (C=O) groups excluding carboxylic acids is 1. The minimum Gasteiger partial charge on any atom is -0.454 e. The number of rotatable bonds is 6. The minimum absolute atomic E-state index is 0.238. The molecule has 2 aromatic carbocycles. The van der Waals surface area contributed by atoms with E-state index in [0.717, 1.165) is 34.1 Å². The molecule has 3 N–H and O–H groups in total. The fraction of sp³-hybridized carbons (Fsp3) is 0.483. The second kappa shape index (κ2) is 9.34. The maximum absolute atomic E-state index is 13.3. The Morgan fingerprint density at radius 1 is 1.12 bits per heavy atom. The van der Waals surface area contributed by atoms with Crippen LogP contribution in [0.25, 0.3) is 10.9 Å². The van der Waals surface area contributed by atoms with Gasteiger partial charge in [-0.05, 0) is 88.6 Å². The Hall–Kier alpha value is -2.59. The lowest BCUT2D eigenvalue weighted by molar-refractivity contribution is 0.0338. The molecule has 1 aromatic heterocycles. The monoisotopic (exact) mass is 446 g/mol. The van der Waals surface area contributed by atoms with Crippen LogP contribution in [0.15, 0.2) is 36.4 Å². The van der Waals surface area contributed by atoms with Gasteiger partial charge < -0.3 is 15.5 Å². The molecule has 1 heterocycles. The summed E-state index contributed by atoms with van der Waals surface area (Å²) in [6.45, 7) is 10.2. The van der Waals surface area contributed by atoms with Crippen LogP contribution in [0.1, 0.15) is 90.4 Å². The first-order valence-electron chi connectivity index (χ1n) is 12.3. The van der Waals surface area contributed by atoms with Gasteiger partial charge in [0.2, 0.25) is 0 Å². The molecule has 33 heavy (non-hydrogen) atoms. The molecule has 0 bridgehead atoms. The molecular formula is C29H38N2O2. The van der Waals surface area contributed by atoms with E-state index in [9.17, 15) is 4.79 Å². The van der Waals surface area contributed by atoms with Gasteiger partial charge in [0.05, 0.1) is 5.56 Å². The highest BCUT2D eigenvalue weighted by atomic mass is 16.5. The summed E-state index contributed by atoms with van der Waals surface area (Å²) in [6.07, 6.45) is 6.81. The topological polar surface area (TPSA) is 68.1 Å². The van der Waals surface area contributed by atoms with Crippen molar-refractivity contribution in [1.82, 2.24) is 4.98 Å². The summed E-state index contributed by atoms with van der Waals surface area (Å²) in [7, 11) is 0. The molecule has 0 spiro atoms. The average molecular weight is 447 g/mol. The number of nitrogens with one attached hydrogen (secondary N) is 1. The third kappa shape index (κ3) is 5.01. The Labute approximate surface area is 197 Å². The molecule has 1 aliphatic carbocycles. The summed E-state index contributed by atoms with van der Waals surface area (Å²) in [4.78, 5) is 16.6. The van der Waals surface area contributed by atoms with Crippen molar-refractivity contribution in [3.63, 3.8) is 0 Å². The van der Waals surface area contributed by atoms with E-state index in [2.05, 4.69) is 62.2 Å². The predicted molar refractivity (Wildman–Crippen MR) is 136 cm³/mol. The van der Waals surface area contributed by atoms with E-state index in [-0.39, 0.29) is 17.6 Å². The lowest BCUT2D eigenvalue weighted by Gasteiger charge is -2.37. The van der Waals surface area contributed by atoms with E-state index in [1.165, 1.54) is 43.2 Å². The quantitative estimate of drug-likeness (QED) is 0.407. The van der Waals surface area contributed by atoms with Crippen molar-refractivity contribution >= 4 is 16.9 Å². The van der Waals surface area contributed by atoms with Crippen molar-refractivity contribution in [2.45, 2.75) is 84.8 Å². The van der Waals surface area contributed by atoms with Gasteiger partial charge in [-0.15, -0.1) is 0 Å². The zero-order valence-corrected chi connectivity index (χ0v) is 20.8. The zero-order chi connectivity index (χ0) is 23.8. The first-order chi connectivity index (χ1) is 15.7. The molecule has 4 rings (SSSR count). The molecule has 4 heteroatoms. The van der Waals surface area contributed by atoms with Gasteiger partial charge >= 0.3 is 5.97 Å². The fourth-order valence-electron chi connectivity index (χ4n) is 5.66. The molecule has 3 aromatic rings. The van der Waals surface area contributed by atoms with Gasteiger partial charge in [0.1, 0.15) is 6.10 Å². The molecule has 0 amide bonds. The first kappa shape index (κ1) is 23.6. The van der Waals surface area contributed by atoms with E-state index in [0.29, 0.717) is 11.5 Å². The number of aromatic nitrogens is 1. The van der Waals surface area contributed by atoms with Crippen molar-refractivity contribution in [2.75, 3.05) is 0 Å². The number of ether oxygens (including phenoxy) is 1. The van der Waals surface area contributed by atoms with Crippen LogP contribution in [0, 0.1) is 26.7 Å². The summed E-state index contributed by atoms with van der Waals surface area (Å²) >= 11 is 0. The van der Waals surface area contributed by atoms with E-state index in [1.807, 2.05) is 13.8 Å². The molecule has 0 radical (unpaired) electrons. The largest absolute Gasteiger partial charge is 0.454 e. The molecular weight excluding hydrogens is 408 g/mol. The zero-order valence-electron chi connectivity index (χ0n) is 20.8. The van der Waals surface area contributed by atoms with Crippen LogP contribution >= 0.6 is 0 Å². The van der Waals surface area contributed by atoms with Crippen LogP contribution in [0.2, 0.25) is 0 Å². The molecule has 2 atom stereocenters. The number of carbonyl (C=O) groups is 1. The van der Waals surface area contributed by atoms with Crippen LogP contribution in [0.4, 0.5) is 0 Å². The van der Waals surface area contributed by atoms with Crippen LogP contribution in [-0.4, -0.2) is 16.5 Å². The summed E-state index contributed by atoms with van der Waals surface area (Å²) in [5, 5.41) is 0.919. The molecule has 1 fully saturated rings. The Morgan fingerprint density at radius 3 is 2.55 bits per heavy atom. The standard InChI is InChI=1S/C29H38N2O2/c1-18-11-13-24(19(2)15-18)21(4)33-28(32)27-20(3)31-26-14-12-22(16-25(26)27)17-29(5,30)23-9-7-6-8-10-23/h11-16,21,23,31H,6-10,17,30H2,1-5H3. The number of nitrogens with two attached hydrogens (primary N) is 1. The molecule has 1 aliphatic rings. The van der Waals surface area contributed by atoms with E-state index in [1.54, 1.807) is 0 Å². The highest BCUT2D eigenvalue weighted by Gasteiger charge is 2.31. The molecule has 0 aliphatic heterocycles. The van der Waals surface area contributed by atoms with Gasteiger partial charge in [0, 0.05) is 22.1 Å². The van der Waals surface area contributed by atoms with Gasteiger partial charge in [-0.25, -0.2) is 4.79 Å². The van der Waals surface area contributed by atoms with Gasteiger partial charge in [-0.3, -0.25) is 0 Å². The number of benzene rings is 2. The number of aromatic amines is 1. The number of H-pyrrole nitrogens is 1. The lowest BCUT2D eigenvalue weighted by atomic mass is 9.73. The Morgan fingerprint density at radius 2 is 1.85 bits per heavy atom. The Balaban J connectivity index is 1.58. The number of aryl methyl sites for hydroxylation is 3. The van der Waals surface area contributed by atoms with E-state index >= 15 is 0 Å². The highest BCUT2D eigenvalue weighted by molar-refractivity contribution is 6.05. The van der Waals surface area contributed by atoms with Crippen LogP contribution in [-0.2, 0) is 11.2 Å². The maximum Gasteiger partial charge on any atom is 0.341 e. The minimum atomic E-state index is -0.315. The molecule has 1 saturated carbocycles. The lowest BCUT2D eigenvalue weighted by Crippen LogP contribution is -2.47. The number of hydrogen-bond acceptors (Lipinski definition) is 3. The maximum atomic E-state index is 13.3. The molecule has 4 nitrogen and oxygen atoms in total. The summed E-state index contributed by atoms with van der Waals surface area (Å²) in [6, 6.07) is 12.6. The van der Waals surface area contributed by atoms with Gasteiger partial charge in [0.15, 0.2) is 0 Å². The van der Waals surface area contributed by atoms with E-state index in [4.69, 9.17) is 10.5 Å². The third-order valence-electron chi connectivity index (χ3n) is 7.52. The Bertz CT molecular complexity index is 1150. The predicted octanol–water partition coefficient (Wildman–Crippen LogP) is 6.85. The second-order valence-corrected chi connectivity index (χ2v) is 10.4. The van der Waals surface area contributed by atoms with E-state index < -0.39 is 0 Å². The van der Waals surface area contributed by atoms with Gasteiger partial charge in [-0.2, -0.15) is 0 Å². The third-order valence-corrected chi connectivity index (χ3v) is 7.52. The van der Waals surface area contributed by atoms with Crippen LogP contribution in [0.3, 0.4) is 0 Å². The SMILES string of the molecule is Cc1ccc(C(C)OC(=O)c2c(C)[nH]c3ccc(CC(C)(N)C4CCCCC4)cc23)c(C)c1. The molecule has 176 valence electrons. The van der Waals surface area contributed by atoms with Gasteiger partial charge in [0.25, 0.3) is 0 Å². The van der Waals surface area contributed by atoms with Crippen molar-refractivity contribution in [3.8, 4) is 0 Å². The molecule has 2 unspecified atom stereocenters. The fourth-order valence-corrected chi connectivity index (χ4v) is 5.66. The van der Waals surface area contributed by atoms with Crippen LogP contribution < -0.4 is 5.73 Å². The highest BCUT2D eigenvalue weighted by Crippen LogP contribution is 2.34. The van der Waals surface area contributed by atoms with Crippen molar-refractivity contribution < 1.29 is 9.53 Å². The average Bonchev–Trinajstić information content (AvgIpc) is 3.09. The summed E-state index contributed by atoms with van der Waals surface area (Å²) < 4.78 is 5.94. The summed E-state index contributed by atoms with van der Waals surface area (Å²) in [5.41, 5.74) is 13.6. The normalized spacial score (nSPS) is 17.6. The van der Waals surface area contributed by atoms with Crippen molar-refractivity contribution in [1.29, 1.82) is 0 Å². The first-order valence-corrected chi connectivity index (χ1v) is 12.3. The second-order valence-electron chi connectivity index (χ2n) is 10.4. The Kier molecular flexibility index (Phi) is 6.67. The number of fused-ring (bicyclic) bond motifs is 1.